The van der Waals surface area contributed by atoms with Gasteiger partial charge in [-0.2, -0.15) is 0 Å². The summed E-state index contributed by atoms with van der Waals surface area (Å²) in [5.41, 5.74) is 7.58. The van der Waals surface area contributed by atoms with Crippen LogP contribution in [-0.4, -0.2) is 24.6 Å². The molecule has 5 nitrogen and oxygen atoms in total. The van der Waals surface area contributed by atoms with E-state index >= 15 is 0 Å². The zero-order valence-electron chi connectivity index (χ0n) is 11.8. The van der Waals surface area contributed by atoms with Crippen LogP contribution in [0.2, 0.25) is 0 Å². The maximum Gasteiger partial charge on any atom is 0.282 e. The maximum atomic E-state index is 11.3. The third kappa shape index (κ3) is 4.26. The van der Waals surface area contributed by atoms with E-state index in [9.17, 15) is 4.79 Å². The molecule has 1 aromatic carbocycles. The average molecular weight is 275 g/mol. The molecule has 0 spiro atoms. The molecular weight excluding hydrogens is 254 g/mol. The van der Waals surface area contributed by atoms with Gasteiger partial charge in [0.2, 0.25) is 5.91 Å². The van der Waals surface area contributed by atoms with Gasteiger partial charge in [-0.3, -0.25) is 4.79 Å². The van der Waals surface area contributed by atoms with E-state index in [1.807, 2.05) is 31.2 Å². The second-order valence-corrected chi connectivity index (χ2v) is 4.92. The van der Waals surface area contributed by atoms with Gasteiger partial charge in [-0.05, 0) is 37.0 Å². The van der Waals surface area contributed by atoms with E-state index in [0.717, 1.165) is 24.9 Å². The summed E-state index contributed by atoms with van der Waals surface area (Å²) in [6.45, 7) is 2.44. The van der Waals surface area contributed by atoms with Gasteiger partial charge >= 0.3 is 0 Å². The molecule has 0 fully saturated rings. The number of hydrogen-bond donors (Lipinski definition) is 2. The number of ether oxygens (including phenoxy) is 1. The largest absolute Gasteiger partial charge is 0.463 e. The number of nitrogens with one attached hydrogen (secondary N) is 1. The fourth-order valence-electron chi connectivity index (χ4n) is 2.13. The van der Waals surface area contributed by atoms with Crippen LogP contribution in [-0.2, 0) is 16.0 Å². The van der Waals surface area contributed by atoms with Crippen LogP contribution in [0.4, 0.5) is 5.69 Å². The first-order chi connectivity index (χ1) is 9.67. The van der Waals surface area contributed by atoms with Crippen molar-refractivity contribution < 1.29 is 9.53 Å². The van der Waals surface area contributed by atoms with E-state index < -0.39 is 0 Å². The smallest absolute Gasteiger partial charge is 0.282 e. The number of carbonyl (C=O) groups excluding carboxylic acids is 1. The molecule has 2 rings (SSSR count). The first kappa shape index (κ1) is 14.4. The van der Waals surface area contributed by atoms with Crippen molar-refractivity contribution in [2.75, 3.05) is 11.9 Å². The summed E-state index contributed by atoms with van der Waals surface area (Å²) in [4.78, 5) is 15.5. The molecule has 0 aliphatic carbocycles. The van der Waals surface area contributed by atoms with Gasteiger partial charge in [-0.25, -0.2) is 4.99 Å². The molecule has 0 bridgehead atoms. The van der Waals surface area contributed by atoms with Gasteiger partial charge < -0.3 is 15.8 Å². The van der Waals surface area contributed by atoms with Gasteiger partial charge in [-0.1, -0.05) is 19.1 Å². The standard InChI is InChI=1S/C15H21N3O2/c1-2-14(19)17-12-8-6-11(7-9-12)4-3-5-13-10-20-15(16)18-13/h6-9,13H,2-5,10H2,1H3,(H2,16,18)(H,17,19). The lowest BCUT2D eigenvalue weighted by molar-refractivity contribution is -0.115. The van der Waals surface area contributed by atoms with Crippen LogP contribution in [0.15, 0.2) is 29.3 Å². The first-order valence-corrected chi connectivity index (χ1v) is 7.02. The summed E-state index contributed by atoms with van der Waals surface area (Å²) in [6.07, 6.45) is 3.52. The highest BCUT2D eigenvalue weighted by atomic mass is 16.5. The molecule has 1 aliphatic heterocycles. The van der Waals surface area contributed by atoms with Crippen molar-refractivity contribution in [3.05, 3.63) is 29.8 Å². The maximum absolute atomic E-state index is 11.3. The molecule has 1 amide bonds. The van der Waals surface area contributed by atoms with E-state index in [-0.39, 0.29) is 11.9 Å². The van der Waals surface area contributed by atoms with Crippen LogP contribution in [0, 0.1) is 0 Å². The minimum atomic E-state index is 0.0365. The van der Waals surface area contributed by atoms with Crippen molar-refractivity contribution in [1.29, 1.82) is 0 Å². The molecule has 0 saturated heterocycles. The van der Waals surface area contributed by atoms with Crippen LogP contribution in [0.25, 0.3) is 0 Å². The Hall–Kier alpha value is -2.04. The Labute approximate surface area is 119 Å². The molecule has 1 atom stereocenters. The predicted octanol–water partition coefficient (Wildman–Crippen LogP) is 2.07. The highest BCUT2D eigenvalue weighted by molar-refractivity contribution is 5.90. The van der Waals surface area contributed by atoms with Crippen LogP contribution < -0.4 is 11.1 Å². The van der Waals surface area contributed by atoms with Crippen LogP contribution in [0.1, 0.15) is 31.7 Å². The Morgan fingerprint density at radius 3 is 2.80 bits per heavy atom. The topological polar surface area (TPSA) is 76.7 Å². The molecule has 3 N–H and O–H groups in total. The van der Waals surface area contributed by atoms with Gasteiger partial charge in [0.1, 0.15) is 6.61 Å². The van der Waals surface area contributed by atoms with Crippen molar-refractivity contribution in [2.24, 2.45) is 10.7 Å². The van der Waals surface area contributed by atoms with E-state index in [1.54, 1.807) is 0 Å². The highest BCUT2D eigenvalue weighted by Gasteiger charge is 2.15. The number of carbonyl (C=O) groups is 1. The lowest BCUT2D eigenvalue weighted by atomic mass is 10.1. The molecule has 1 aromatic rings. The van der Waals surface area contributed by atoms with E-state index in [0.29, 0.717) is 19.0 Å². The summed E-state index contributed by atoms with van der Waals surface area (Å²) in [5, 5.41) is 2.84. The van der Waals surface area contributed by atoms with E-state index in [1.165, 1.54) is 5.56 Å². The van der Waals surface area contributed by atoms with Crippen LogP contribution >= 0.6 is 0 Å². The molecule has 1 heterocycles. The lowest BCUT2D eigenvalue weighted by Gasteiger charge is -2.07. The number of rotatable bonds is 6. The van der Waals surface area contributed by atoms with Gasteiger partial charge in [0.25, 0.3) is 6.02 Å². The fourth-order valence-corrected chi connectivity index (χ4v) is 2.13. The number of aryl methyl sites for hydroxylation is 1. The van der Waals surface area contributed by atoms with Crippen molar-refractivity contribution in [3.8, 4) is 0 Å². The fraction of sp³-hybridized carbons (Fsp3) is 0.467. The summed E-state index contributed by atoms with van der Waals surface area (Å²) in [7, 11) is 0. The van der Waals surface area contributed by atoms with E-state index in [2.05, 4.69) is 10.3 Å². The van der Waals surface area contributed by atoms with Crippen molar-refractivity contribution >= 4 is 17.6 Å². The highest BCUT2D eigenvalue weighted by Crippen LogP contribution is 2.14. The third-order valence-electron chi connectivity index (χ3n) is 3.30. The summed E-state index contributed by atoms with van der Waals surface area (Å²) >= 11 is 0. The zero-order chi connectivity index (χ0) is 14.4. The van der Waals surface area contributed by atoms with E-state index in [4.69, 9.17) is 10.5 Å². The number of aliphatic imine (C=N–C) groups is 1. The quantitative estimate of drug-likeness (QED) is 0.834. The second-order valence-electron chi connectivity index (χ2n) is 4.92. The Balaban J connectivity index is 1.75. The van der Waals surface area contributed by atoms with Gasteiger partial charge in [0.15, 0.2) is 0 Å². The molecule has 1 aliphatic rings. The Morgan fingerprint density at radius 1 is 1.45 bits per heavy atom. The molecular formula is C15H21N3O2. The lowest BCUT2D eigenvalue weighted by Crippen LogP contribution is -2.10. The summed E-state index contributed by atoms with van der Waals surface area (Å²) < 4.78 is 5.12. The Bertz CT molecular complexity index is 482. The molecule has 0 aromatic heterocycles. The summed E-state index contributed by atoms with van der Waals surface area (Å²) in [6, 6.07) is 8.50. The van der Waals surface area contributed by atoms with Crippen molar-refractivity contribution in [3.63, 3.8) is 0 Å². The molecule has 1 unspecified atom stereocenters. The normalized spacial score (nSPS) is 17.4. The average Bonchev–Trinajstić information content (AvgIpc) is 2.86. The van der Waals surface area contributed by atoms with Gasteiger partial charge in [0.05, 0.1) is 6.04 Å². The van der Waals surface area contributed by atoms with Crippen LogP contribution in [0.3, 0.4) is 0 Å². The number of amidine groups is 1. The Kier molecular flexibility index (Phi) is 4.98. The number of nitrogens with two attached hydrogens (primary N) is 1. The number of benzene rings is 1. The molecule has 108 valence electrons. The minimum Gasteiger partial charge on any atom is -0.463 e. The molecule has 5 heteroatoms. The van der Waals surface area contributed by atoms with Gasteiger partial charge in [-0.15, -0.1) is 0 Å². The van der Waals surface area contributed by atoms with Crippen molar-refractivity contribution in [2.45, 2.75) is 38.6 Å². The second kappa shape index (κ2) is 6.93. The number of amides is 1. The zero-order valence-corrected chi connectivity index (χ0v) is 11.8. The number of hydrogen-bond acceptors (Lipinski definition) is 4. The SMILES string of the molecule is CCC(=O)Nc1ccc(CCCC2COC(N)=N2)cc1. The third-order valence-corrected chi connectivity index (χ3v) is 3.30. The monoisotopic (exact) mass is 275 g/mol. The number of nitrogens with zero attached hydrogens (tertiary/aromatic N) is 1. The Morgan fingerprint density at radius 2 is 2.20 bits per heavy atom. The first-order valence-electron chi connectivity index (χ1n) is 7.02. The van der Waals surface area contributed by atoms with Crippen molar-refractivity contribution in [1.82, 2.24) is 0 Å². The number of anilines is 1. The molecule has 0 saturated carbocycles. The molecule has 20 heavy (non-hydrogen) atoms. The summed E-state index contributed by atoms with van der Waals surface area (Å²) in [5.74, 6) is 0.0365. The van der Waals surface area contributed by atoms with Crippen LogP contribution in [0.5, 0.6) is 0 Å². The molecule has 0 radical (unpaired) electrons. The minimum absolute atomic E-state index is 0.0365. The predicted molar refractivity (Wildman–Crippen MR) is 79.7 cm³/mol. The van der Waals surface area contributed by atoms with Gasteiger partial charge in [0, 0.05) is 12.1 Å².